The van der Waals surface area contributed by atoms with Crippen LogP contribution in [0.25, 0.3) is 0 Å². The lowest BCUT2D eigenvalue weighted by Gasteiger charge is -2.38. The highest BCUT2D eigenvalue weighted by atomic mass is 16.4. The molecule has 20 heavy (non-hydrogen) atoms. The maximum Gasteiger partial charge on any atom is 0.337 e. The Labute approximate surface area is 119 Å². The van der Waals surface area contributed by atoms with Gasteiger partial charge in [-0.3, -0.25) is 4.90 Å². The van der Waals surface area contributed by atoms with Crippen LogP contribution >= 0.6 is 0 Å². The fourth-order valence-corrected chi connectivity index (χ4v) is 2.53. The Bertz CT molecular complexity index is 484. The number of aromatic nitrogens is 1. The van der Waals surface area contributed by atoms with Crippen LogP contribution in [0.5, 0.6) is 0 Å². The summed E-state index contributed by atoms with van der Waals surface area (Å²) >= 11 is 0. The lowest BCUT2D eigenvalue weighted by Crippen LogP contribution is -2.49. The molecule has 2 rings (SSSR count). The van der Waals surface area contributed by atoms with E-state index < -0.39 is 5.97 Å². The molecule has 6 nitrogen and oxygen atoms in total. The van der Waals surface area contributed by atoms with Gasteiger partial charge >= 0.3 is 5.97 Å². The van der Waals surface area contributed by atoms with Crippen molar-refractivity contribution in [1.82, 2.24) is 9.88 Å². The second kappa shape index (κ2) is 6.09. The summed E-state index contributed by atoms with van der Waals surface area (Å²) in [5, 5.41) is 9.10. The lowest BCUT2D eigenvalue weighted by atomic mass is 10.1. The summed E-state index contributed by atoms with van der Waals surface area (Å²) in [4.78, 5) is 19.9. The molecule has 0 spiro atoms. The second-order valence-corrected chi connectivity index (χ2v) is 5.18. The van der Waals surface area contributed by atoms with Gasteiger partial charge in [-0.05, 0) is 19.4 Å². The number of carbonyl (C=O) groups is 1. The zero-order valence-electron chi connectivity index (χ0n) is 12.0. The Morgan fingerprint density at radius 3 is 2.65 bits per heavy atom. The summed E-state index contributed by atoms with van der Waals surface area (Å²) in [7, 11) is 0. The molecule has 1 unspecified atom stereocenters. The molecule has 0 saturated carbocycles. The first-order valence-electron chi connectivity index (χ1n) is 7.01. The number of anilines is 2. The number of hydrogen-bond donors (Lipinski definition) is 2. The molecule has 0 bridgehead atoms. The topological polar surface area (TPSA) is 82.7 Å². The van der Waals surface area contributed by atoms with Crippen molar-refractivity contribution in [2.45, 2.75) is 26.3 Å². The molecule has 1 aromatic heterocycles. The molecule has 1 aromatic rings. The second-order valence-electron chi connectivity index (χ2n) is 5.18. The van der Waals surface area contributed by atoms with Gasteiger partial charge in [0.25, 0.3) is 0 Å². The minimum absolute atomic E-state index is 0.124. The predicted octanol–water partition coefficient (Wildman–Crippen LogP) is 1.28. The molecule has 1 saturated heterocycles. The van der Waals surface area contributed by atoms with Crippen molar-refractivity contribution in [3.8, 4) is 0 Å². The Balaban J connectivity index is 2.11. The molecular weight excluding hydrogens is 256 g/mol. The van der Waals surface area contributed by atoms with Crippen molar-refractivity contribution in [1.29, 1.82) is 0 Å². The van der Waals surface area contributed by atoms with E-state index in [1.54, 1.807) is 0 Å². The maximum absolute atomic E-state index is 11.1. The van der Waals surface area contributed by atoms with Gasteiger partial charge in [0.1, 0.15) is 0 Å². The zero-order chi connectivity index (χ0) is 14.7. The molecule has 110 valence electrons. The highest BCUT2D eigenvalue weighted by Crippen LogP contribution is 2.25. The molecule has 1 aliphatic rings. The molecule has 1 aliphatic heterocycles. The number of rotatable bonds is 4. The van der Waals surface area contributed by atoms with Gasteiger partial charge in [0.15, 0.2) is 5.82 Å². The number of nitrogens with two attached hydrogens (primary N) is 1. The van der Waals surface area contributed by atoms with Crippen molar-refractivity contribution >= 4 is 17.5 Å². The van der Waals surface area contributed by atoms with Gasteiger partial charge in [-0.25, -0.2) is 9.78 Å². The highest BCUT2D eigenvalue weighted by molar-refractivity contribution is 5.96. The Morgan fingerprint density at radius 1 is 1.45 bits per heavy atom. The van der Waals surface area contributed by atoms with Crippen LogP contribution in [-0.2, 0) is 0 Å². The SMILES string of the molecule is CCC(C)N1CCN(c2nccc(C(=O)O)c2N)CC1. The molecule has 1 atom stereocenters. The van der Waals surface area contributed by atoms with Crippen LogP contribution in [0.1, 0.15) is 30.6 Å². The summed E-state index contributed by atoms with van der Waals surface area (Å²) in [5.41, 5.74) is 6.32. The van der Waals surface area contributed by atoms with E-state index in [2.05, 4.69) is 28.6 Å². The van der Waals surface area contributed by atoms with E-state index in [4.69, 9.17) is 10.8 Å². The van der Waals surface area contributed by atoms with Crippen molar-refractivity contribution in [3.05, 3.63) is 17.8 Å². The van der Waals surface area contributed by atoms with Crippen LogP contribution in [0.15, 0.2) is 12.3 Å². The molecule has 0 aliphatic carbocycles. The first kappa shape index (κ1) is 14.6. The van der Waals surface area contributed by atoms with Gasteiger partial charge in [0.2, 0.25) is 0 Å². The maximum atomic E-state index is 11.1. The van der Waals surface area contributed by atoms with E-state index >= 15 is 0 Å². The zero-order valence-corrected chi connectivity index (χ0v) is 12.0. The average Bonchev–Trinajstić information content (AvgIpc) is 2.46. The normalized spacial score (nSPS) is 18.0. The first-order valence-corrected chi connectivity index (χ1v) is 7.01. The third kappa shape index (κ3) is 2.85. The Hall–Kier alpha value is -1.82. The molecule has 0 amide bonds. The van der Waals surface area contributed by atoms with Crippen molar-refractivity contribution in [2.24, 2.45) is 0 Å². The number of carboxylic acid groups (broad SMARTS) is 1. The summed E-state index contributed by atoms with van der Waals surface area (Å²) in [6.07, 6.45) is 2.64. The van der Waals surface area contributed by atoms with E-state index in [0.29, 0.717) is 11.9 Å². The van der Waals surface area contributed by atoms with Crippen molar-refractivity contribution in [2.75, 3.05) is 36.8 Å². The number of nitrogen functional groups attached to an aromatic ring is 1. The van der Waals surface area contributed by atoms with Crippen LogP contribution in [0.2, 0.25) is 0 Å². The van der Waals surface area contributed by atoms with E-state index in [-0.39, 0.29) is 11.3 Å². The lowest BCUT2D eigenvalue weighted by molar-refractivity contribution is 0.0698. The molecule has 6 heteroatoms. The fraction of sp³-hybridized carbons (Fsp3) is 0.571. The molecule has 3 N–H and O–H groups in total. The summed E-state index contributed by atoms with van der Waals surface area (Å²) in [5.74, 6) is -0.418. The van der Waals surface area contributed by atoms with Crippen LogP contribution in [0, 0.1) is 0 Å². The van der Waals surface area contributed by atoms with Crippen LogP contribution in [0.4, 0.5) is 11.5 Å². The fourth-order valence-electron chi connectivity index (χ4n) is 2.53. The minimum Gasteiger partial charge on any atom is -0.478 e. The third-order valence-corrected chi connectivity index (χ3v) is 4.03. The monoisotopic (exact) mass is 278 g/mol. The average molecular weight is 278 g/mol. The van der Waals surface area contributed by atoms with Crippen LogP contribution in [-0.4, -0.2) is 53.2 Å². The smallest absolute Gasteiger partial charge is 0.337 e. The van der Waals surface area contributed by atoms with Gasteiger partial charge in [-0.15, -0.1) is 0 Å². The quantitative estimate of drug-likeness (QED) is 0.863. The minimum atomic E-state index is -1.01. The van der Waals surface area contributed by atoms with E-state index in [1.165, 1.54) is 12.3 Å². The standard InChI is InChI=1S/C14H22N4O2/c1-3-10(2)17-6-8-18(9-7-17)13-12(15)11(14(19)20)4-5-16-13/h4-5,10H,3,6-9,15H2,1-2H3,(H,19,20). The number of aromatic carboxylic acids is 1. The van der Waals surface area contributed by atoms with Crippen molar-refractivity contribution < 1.29 is 9.90 Å². The van der Waals surface area contributed by atoms with Gasteiger partial charge in [-0.1, -0.05) is 6.92 Å². The molecular formula is C14H22N4O2. The van der Waals surface area contributed by atoms with Gasteiger partial charge in [-0.2, -0.15) is 0 Å². The number of pyridine rings is 1. The number of hydrogen-bond acceptors (Lipinski definition) is 5. The summed E-state index contributed by atoms with van der Waals surface area (Å²) in [6, 6.07) is 2.02. The number of carboxylic acids is 1. The Kier molecular flexibility index (Phi) is 4.44. The van der Waals surface area contributed by atoms with Crippen LogP contribution < -0.4 is 10.6 Å². The Morgan fingerprint density at radius 2 is 2.10 bits per heavy atom. The highest BCUT2D eigenvalue weighted by Gasteiger charge is 2.23. The van der Waals surface area contributed by atoms with Gasteiger partial charge < -0.3 is 15.7 Å². The van der Waals surface area contributed by atoms with Gasteiger partial charge in [0, 0.05) is 38.4 Å². The number of piperazine rings is 1. The van der Waals surface area contributed by atoms with Crippen LogP contribution in [0.3, 0.4) is 0 Å². The van der Waals surface area contributed by atoms with Crippen molar-refractivity contribution in [3.63, 3.8) is 0 Å². The van der Waals surface area contributed by atoms with E-state index in [1.807, 2.05) is 0 Å². The predicted molar refractivity (Wildman–Crippen MR) is 79.1 cm³/mol. The third-order valence-electron chi connectivity index (χ3n) is 4.03. The van der Waals surface area contributed by atoms with E-state index in [9.17, 15) is 4.79 Å². The molecule has 1 fully saturated rings. The summed E-state index contributed by atoms with van der Waals surface area (Å²) < 4.78 is 0. The molecule has 0 radical (unpaired) electrons. The largest absolute Gasteiger partial charge is 0.478 e. The van der Waals surface area contributed by atoms with Gasteiger partial charge in [0.05, 0.1) is 11.3 Å². The molecule has 2 heterocycles. The van der Waals surface area contributed by atoms with E-state index in [0.717, 1.165) is 32.6 Å². The summed E-state index contributed by atoms with van der Waals surface area (Å²) in [6.45, 7) is 7.97. The molecule has 0 aromatic carbocycles. The first-order chi connectivity index (χ1) is 9.54. The number of nitrogens with zero attached hydrogens (tertiary/aromatic N) is 3.